The van der Waals surface area contributed by atoms with Crippen molar-refractivity contribution < 1.29 is 9.21 Å². The summed E-state index contributed by atoms with van der Waals surface area (Å²) >= 11 is 4.79. The molecule has 2 aromatic heterocycles. The minimum Gasteiger partial charge on any atom is -0.469 e. The van der Waals surface area contributed by atoms with Crippen molar-refractivity contribution in [3.8, 4) is 11.4 Å². The van der Waals surface area contributed by atoms with Gasteiger partial charge >= 0.3 is 0 Å². The van der Waals surface area contributed by atoms with Crippen LogP contribution in [0.2, 0.25) is 0 Å². The number of rotatable bonds is 6. The number of hydrogen-bond donors (Lipinski definition) is 0. The van der Waals surface area contributed by atoms with Gasteiger partial charge in [-0.3, -0.25) is 4.79 Å². The Morgan fingerprint density at radius 2 is 2.00 bits per heavy atom. The van der Waals surface area contributed by atoms with Crippen LogP contribution in [0.15, 0.2) is 50.6 Å². The Labute approximate surface area is 164 Å². The Balaban J connectivity index is 1.60. The molecule has 1 aromatic carbocycles. The van der Waals surface area contributed by atoms with Gasteiger partial charge in [-0.15, -0.1) is 10.2 Å². The van der Waals surface area contributed by atoms with Gasteiger partial charge in [-0.2, -0.15) is 0 Å². The molecule has 136 valence electrons. The lowest BCUT2D eigenvalue weighted by molar-refractivity contribution is -0.127. The number of amides is 1. The van der Waals surface area contributed by atoms with Gasteiger partial charge in [-0.1, -0.05) is 39.8 Å². The Morgan fingerprint density at radius 1 is 1.27 bits per heavy atom. The van der Waals surface area contributed by atoms with E-state index in [-0.39, 0.29) is 5.91 Å². The predicted octanol–water partition coefficient (Wildman–Crippen LogP) is 3.90. The molecule has 0 saturated heterocycles. The summed E-state index contributed by atoms with van der Waals surface area (Å²) in [5, 5.41) is 9.12. The summed E-state index contributed by atoms with van der Waals surface area (Å²) in [6.45, 7) is 2.46. The number of carbonyl (C=O) groups is 1. The largest absolute Gasteiger partial charge is 0.469 e. The smallest absolute Gasteiger partial charge is 0.233 e. The van der Waals surface area contributed by atoms with E-state index in [0.29, 0.717) is 17.5 Å². The third-order valence-corrected chi connectivity index (χ3v) is 5.55. The summed E-state index contributed by atoms with van der Waals surface area (Å²) in [6, 6.07) is 9.82. The maximum atomic E-state index is 12.4. The minimum atomic E-state index is 0.0435. The van der Waals surface area contributed by atoms with Crippen molar-refractivity contribution in [2.75, 3.05) is 12.8 Å². The van der Waals surface area contributed by atoms with Crippen LogP contribution < -0.4 is 0 Å². The highest BCUT2D eigenvalue weighted by molar-refractivity contribution is 9.10. The van der Waals surface area contributed by atoms with Crippen LogP contribution in [-0.4, -0.2) is 38.4 Å². The average Bonchev–Trinajstić information content (AvgIpc) is 3.20. The second-order valence-electron chi connectivity index (χ2n) is 5.92. The van der Waals surface area contributed by atoms with Crippen LogP contribution in [-0.2, 0) is 18.4 Å². The van der Waals surface area contributed by atoms with Gasteiger partial charge in [0.25, 0.3) is 0 Å². The third kappa shape index (κ3) is 4.19. The predicted molar refractivity (Wildman–Crippen MR) is 105 cm³/mol. The molecule has 0 bridgehead atoms. The number of aromatic nitrogens is 3. The number of aryl methyl sites for hydroxylation is 1. The number of benzene rings is 1. The fourth-order valence-electron chi connectivity index (χ4n) is 2.48. The zero-order valence-electron chi connectivity index (χ0n) is 14.8. The highest BCUT2D eigenvalue weighted by Gasteiger charge is 2.17. The van der Waals surface area contributed by atoms with Crippen LogP contribution in [0.5, 0.6) is 0 Å². The van der Waals surface area contributed by atoms with Crippen LogP contribution in [0, 0.1) is 6.92 Å². The topological polar surface area (TPSA) is 64.2 Å². The number of thioether (sulfide) groups is 1. The molecule has 3 aromatic rings. The van der Waals surface area contributed by atoms with E-state index in [2.05, 4.69) is 26.1 Å². The molecule has 3 rings (SSSR count). The molecular weight excluding hydrogens is 416 g/mol. The van der Waals surface area contributed by atoms with Gasteiger partial charge in [0.05, 0.1) is 17.6 Å². The quantitative estimate of drug-likeness (QED) is 0.550. The van der Waals surface area contributed by atoms with Crippen molar-refractivity contribution in [1.82, 2.24) is 19.7 Å². The highest BCUT2D eigenvalue weighted by atomic mass is 79.9. The highest BCUT2D eigenvalue weighted by Crippen LogP contribution is 2.26. The molecule has 0 N–H and O–H groups in total. The maximum Gasteiger partial charge on any atom is 0.233 e. The average molecular weight is 435 g/mol. The normalized spacial score (nSPS) is 10.9. The zero-order chi connectivity index (χ0) is 18.7. The number of hydrogen-bond acceptors (Lipinski definition) is 5. The number of furan rings is 1. The summed E-state index contributed by atoms with van der Waals surface area (Å²) in [7, 11) is 3.70. The summed E-state index contributed by atoms with van der Waals surface area (Å²) < 4.78 is 8.23. The van der Waals surface area contributed by atoms with Crippen LogP contribution in [0.3, 0.4) is 0 Å². The minimum absolute atomic E-state index is 0.0435. The van der Waals surface area contributed by atoms with Crippen LogP contribution in [0.4, 0.5) is 0 Å². The molecule has 0 aliphatic carbocycles. The first kappa shape index (κ1) is 18.7. The molecule has 0 fully saturated rings. The van der Waals surface area contributed by atoms with Crippen molar-refractivity contribution in [3.05, 3.63) is 52.4 Å². The van der Waals surface area contributed by atoms with Crippen molar-refractivity contribution in [3.63, 3.8) is 0 Å². The number of nitrogens with zero attached hydrogens (tertiary/aromatic N) is 4. The lowest BCUT2D eigenvalue weighted by atomic mass is 10.2. The van der Waals surface area contributed by atoms with Crippen molar-refractivity contribution in [2.24, 2.45) is 7.05 Å². The fourth-order valence-corrected chi connectivity index (χ4v) is 3.60. The fraction of sp³-hybridized carbons (Fsp3) is 0.278. The molecular formula is C18H19BrN4O2S. The lowest BCUT2D eigenvalue weighted by Gasteiger charge is -2.17. The summed E-state index contributed by atoms with van der Waals surface area (Å²) in [5.41, 5.74) is 2.00. The van der Waals surface area contributed by atoms with Crippen LogP contribution >= 0.6 is 27.7 Å². The molecule has 0 aliphatic rings. The molecule has 0 radical (unpaired) electrons. The molecule has 0 unspecified atom stereocenters. The third-order valence-electron chi connectivity index (χ3n) is 4.02. The molecule has 26 heavy (non-hydrogen) atoms. The van der Waals surface area contributed by atoms with Crippen LogP contribution in [0.1, 0.15) is 11.3 Å². The van der Waals surface area contributed by atoms with E-state index in [1.54, 1.807) is 11.2 Å². The van der Waals surface area contributed by atoms with Crippen molar-refractivity contribution in [1.29, 1.82) is 0 Å². The molecule has 0 aliphatic heterocycles. The van der Waals surface area contributed by atoms with Crippen molar-refractivity contribution >= 4 is 33.6 Å². The zero-order valence-corrected chi connectivity index (χ0v) is 17.2. The SMILES string of the molecule is Cc1occc1-c1nnc(SCC(=O)N(C)Cc2ccc(Br)cc2)n1C. The molecule has 8 heteroatoms. The van der Waals surface area contributed by atoms with E-state index in [1.165, 1.54) is 11.8 Å². The molecule has 1 amide bonds. The first-order chi connectivity index (χ1) is 12.5. The van der Waals surface area contributed by atoms with Crippen molar-refractivity contribution in [2.45, 2.75) is 18.6 Å². The Hall–Kier alpha value is -2.06. The Bertz CT molecular complexity index is 904. The Kier molecular flexibility index (Phi) is 5.83. The van der Waals surface area contributed by atoms with Gasteiger partial charge in [-0.25, -0.2) is 0 Å². The second-order valence-corrected chi connectivity index (χ2v) is 7.78. The van der Waals surface area contributed by atoms with E-state index in [9.17, 15) is 4.79 Å². The van der Waals surface area contributed by atoms with E-state index in [0.717, 1.165) is 27.2 Å². The van der Waals surface area contributed by atoms with Gasteiger partial charge in [0.15, 0.2) is 11.0 Å². The molecule has 0 saturated carbocycles. The number of carbonyl (C=O) groups excluding carboxylic acids is 1. The van der Waals surface area contributed by atoms with E-state index in [1.807, 2.05) is 55.9 Å². The van der Waals surface area contributed by atoms with Gasteiger partial charge in [0, 0.05) is 25.1 Å². The summed E-state index contributed by atoms with van der Waals surface area (Å²) in [5.74, 6) is 1.88. The van der Waals surface area contributed by atoms with Crippen LogP contribution in [0.25, 0.3) is 11.4 Å². The molecule has 6 nitrogen and oxygen atoms in total. The Morgan fingerprint density at radius 3 is 2.65 bits per heavy atom. The van der Waals surface area contributed by atoms with Gasteiger partial charge in [0.1, 0.15) is 5.76 Å². The maximum absolute atomic E-state index is 12.4. The van der Waals surface area contributed by atoms with Gasteiger partial charge in [0.2, 0.25) is 5.91 Å². The van der Waals surface area contributed by atoms with E-state index >= 15 is 0 Å². The van der Waals surface area contributed by atoms with Gasteiger partial charge in [-0.05, 0) is 30.7 Å². The molecule has 0 spiro atoms. The second kappa shape index (κ2) is 8.09. The monoisotopic (exact) mass is 434 g/mol. The first-order valence-corrected chi connectivity index (χ1v) is 9.78. The standard InChI is InChI=1S/C18H19BrN4O2S/c1-12-15(8-9-25-12)17-20-21-18(23(17)3)26-11-16(24)22(2)10-13-4-6-14(19)7-5-13/h4-9H,10-11H2,1-3H3. The summed E-state index contributed by atoms with van der Waals surface area (Å²) in [4.78, 5) is 14.1. The van der Waals surface area contributed by atoms with Gasteiger partial charge < -0.3 is 13.9 Å². The first-order valence-electron chi connectivity index (χ1n) is 8.00. The van der Waals surface area contributed by atoms with E-state index < -0.39 is 0 Å². The lowest BCUT2D eigenvalue weighted by Crippen LogP contribution is -2.27. The summed E-state index contributed by atoms with van der Waals surface area (Å²) in [6.07, 6.45) is 1.63. The van der Waals surface area contributed by atoms with E-state index in [4.69, 9.17) is 4.42 Å². The molecule has 2 heterocycles. The number of halogens is 1. The molecule has 0 atom stereocenters.